The fourth-order valence-electron chi connectivity index (χ4n) is 2.18. The van der Waals surface area contributed by atoms with E-state index < -0.39 is 5.97 Å². The number of aryl methyl sites for hydroxylation is 2. The molecule has 5 heteroatoms. The Morgan fingerprint density at radius 1 is 1.33 bits per heavy atom. The van der Waals surface area contributed by atoms with Gasteiger partial charge in [0.05, 0.1) is 17.8 Å². The van der Waals surface area contributed by atoms with Crippen molar-refractivity contribution in [2.24, 2.45) is 0 Å². The standard InChI is InChI=1S/C16H20N2O2S/c1-11-12(2)21-15(17-11)10-18(3)9-8-13-6-4-5-7-14(13)16(19)20/h4-7H,8-10H2,1-3H3,(H,19,20). The van der Waals surface area contributed by atoms with Crippen LogP contribution < -0.4 is 0 Å². The SMILES string of the molecule is Cc1nc(CN(C)CCc2ccccc2C(=O)O)sc1C. The highest BCUT2D eigenvalue weighted by molar-refractivity contribution is 7.11. The first kappa shape index (κ1) is 15.7. The third-order valence-corrected chi connectivity index (χ3v) is 4.55. The number of nitrogens with zero attached hydrogens (tertiary/aromatic N) is 2. The Balaban J connectivity index is 1.95. The largest absolute Gasteiger partial charge is 0.478 e. The average Bonchev–Trinajstić information content (AvgIpc) is 2.75. The van der Waals surface area contributed by atoms with Gasteiger partial charge >= 0.3 is 5.97 Å². The number of aromatic nitrogens is 1. The van der Waals surface area contributed by atoms with Crippen LogP contribution in [0, 0.1) is 13.8 Å². The Bertz CT molecular complexity index is 617. The van der Waals surface area contributed by atoms with E-state index in [1.54, 1.807) is 23.5 Å². The maximum atomic E-state index is 11.2. The zero-order valence-corrected chi connectivity index (χ0v) is 13.4. The van der Waals surface area contributed by atoms with Crippen LogP contribution in [0.2, 0.25) is 0 Å². The molecule has 21 heavy (non-hydrogen) atoms. The number of carbonyl (C=O) groups is 1. The average molecular weight is 304 g/mol. The van der Waals surface area contributed by atoms with Crippen LogP contribution in [0.3, 0.4) is 0 Å². The van der Waals surface area contributed by atoms with Crippen molar-refractivity contribution < 1.29 is 9.90 Å². The van der Waals surface area contributed by atoms with Crippen molar-refractivity contribution in [2.75, 3.05) is 13.6 Å². The van der Waals surface area contributed by atoms with E-state index in [4.69, 9.17) is 0 Å². The molecule has 4 nitrogen and oxygen atoms in total. The maximum absolute atomic E-state index is 11.2. The first-order chi connectivity index (χ1) is 9.97. The second-order valence-corrected chi connectivity index (χ2v) is 6.49. The molecule has 112 valence electrons. The van der Waals surface area contributed by atoms with Crippen LogP contribution in [0.15, 0.2) is 24.3 Å². The number of rotatable bonds is 6. The van der Waals surface area contributed by atoms with Gasteiger partial charge in [-0.15, -0.1) is 11.3 Å². The van der Waals surface area contributed by atoms with Gasteiger partial charge in [0.1, 0.15) is 5.01 Å². The normalized spacial score (nSPS) is 11.0. The van der Waals surface area contributed by atoms with Crippen molar-refractivity contribution in [3.63, 3.8) is 0 Å². The van der Waals surface area contributed by atoms with Gasteiger partial charge in [0, 0.05) is 11.4 Å². The van der Waals surface area contributed by atoms with E-state index in [1.165, 1.54) is 4.88 Å². The molecule has 1 aromatic heterocycles. The van der Waals surface area contributed by atoms with Gasteiger partial charge in [-0.05, 0) is 38.9 Å². The van der Waals surface area contributed by atoms with Crippen LogP contribution in [-0.2, 0) is 13.0 Å². The molecule has 0 fully saturated rings. The van der Waals surface area contributed by atoms with Crippen molar-refractivity contribution in [1.82, 2.24) is 9.88 Å². The van der Waals surface area contributed by atoms with E-state index in [0.29, 0.717) is 5.56 Å². The molecule has 0 saturated carbocycles. The van der Waals surface area contributed by atoms with Gasteiger partial charge in [-0.3, -0.25) is 4.90 Å². The molecule has 2 rings (SSSR count). The zero-order valence-electron chi connectivity index (χ0n) is 12.6. The van der Waals surface area contributed by atoms with Gasteiger partial charge in [0.25, 0.3) is 0 Å². The molecule has 0 amide bonds. The van der Waals surface area contributed by atoms with Gasteiger partial charge in [0.15, 0.2) is 0 Å². The topological polar surface area (TPSA) is 53.4 Å². The summed E-state index contributed by atoms with van der Waals surface area (Å²) in [4.78, 5) is 19.1. The second-order valence-electron chi connectivity index (χ2n) is 5.20. The molecule has 0 atom stereocenters. The molecule has 2 aromatic rings. The lowest BCUT2D eigenvalue weighted by molar-refractivity contribution is 0.0695. The summed E-state index contributed by atoms with van der Waals surface area (Å²) in [7, 11) is 2.04. The van der Waals surface area contributed by atoms with E-state index in [1.807, 2.05) is 26.1 Å². The first-order valence-electron chi connectivity index (χ1n) is 6.90. The Morgan fingerprint density at radius 2 is 2.05 bits per heavy atom. The van der Waals surface area contributed by atoms with Crippen molar-refractivity contribution >= 4 is 17.3 Å². The maximum Gasteiger partial charge on any atom is 0.335 e. The molecule has 0 saturated heterocycles. The van der Waals surface area contributed by atoms with Gasteiger partial charge in [-0.2, -0.15) is 0 Å². The number of aromatic carboxylic acids is 1. The van der Waals surface area contributed by atoms with Crippen molar-refractivity contribution in [3.05, 3.63) is 51.0 Å². The Hall–Kier alpha value is -1.72. The molecule has 0 spiro atoms. The van der Waals surface area contributed by atoms with Crippen LogP contribution in [0.25, 0.3) is 0 Å². The van der Waals surface area contributed by atoms with Gasteiger partial charge < -0.3 is 5.11 Å². The summed E-state index contributed by atoms with van der Waals surface area (Å²) >= 11 is 1.73. The molecule has 1 heterocycles. The lowest BCUT2D eigenvalue weighted by atomic mass is 10.0. The monoisotopic (exact) mass is 304 g/mol. The molecular weight excluding hydrogens is 284 g/mol. The summed E-state index contributed by atoms with van der Waals surface area (Å²) in [6.45, 7) is 5.72. The lowest BCUT2D eigenvalue weighted by Gasteiger charge is -2.15. The highest BCUT2D eigenvalue weighted by Crippen LogP contribution is 2.18. The van der Waals surface area contributed by atoms with Crippen molar-refractivity contribution in [1.29, 1.82) is 0 Å². The number of hydrogen-bond donors (Lipinski definition) is 1. The highest BCUT2D eigenvalue weighted by Gasteiger charge is 2.11. The third-order valence-electron chi connectivity index (χ3n) is 3.49. The molecule has 0 aliphatic rings. The minimum Gasteiger partial charge on any atom is -0.478 e. The van der Waals surface area contributed by atoms with Crippen LogP contribution in [0.4, 0.5) is 0 Å². The summed E-state index contributed by atoms with van der Waals surface area (Å²) in [6.07, 6.45) is 0.725. The van der Waals surface area contributed by atoms with E-state index >= 15 is 0 Å². The van der Waals surface area contributed by atoms with E-state index in [0.717, 1.165) is 35.8 Å². The lowest BCUT2D eigenvalue weighted by Crippen LogP contribution is -2.21. The molecular formula is C16H20N2O2S. The van der Waals surface area contributed by atoms with Gasteiger partial charge in [-0.1, -0.05) is 18.2 Å². The summed E-state index contributed by atoms with van der Waals surface area (Å²) in [5.41, 5.74) is 2.37. The molecule has 1 N–H and O–H groups in total. The minimum absolute atomic E-state index is 0.395. The Labute approximate surface area is 129 Å². The first-order valence-corrected chi connectivity index (χ1v) is 7.71. The Morgan fingerprint density at radius 3 is 2.67 bits per heavy atom. The van der Waals surface area contributed by atoms with Crippen LogP contribution in [0.1, 0.15) is 31.5 Å². The number of thiazole rings is 1. The molecule has 0 aliphatic heterocycles. The summed E-state index contributed by atoms with van der Waals surface area (Å²) < 4.78 is 0. The predicted molar refractivity (Wildman–Crippen MR) is 85.0 cm³/mol. The summed E-state index contributed by atoms with van der Waals surface area (Å²) in [6, 6.07) is 7.19. The number of hydrogen-bond acceptors (Lipinski definition) is 4. The van der Waals surface area contributed by atoms with E-state index in [2.05, 4.69) is 16.8 Å². The molecule has 0 bridgehead atoms. The third kappa shape index (κ3) is 4.12. The zero-order chi connectivity index (χ0) is 15.4. The minimum atomic E-state index is -0.862. The van der Waals surface area contributed by atoms with Crippen molar-refractivity contribution in [3.8, 4) is 0 Å². The second kappa shape index (κ2) is 6.83. The van der Waals surface area contributed by atoms with Crippen LogP contribution in [0.5, 0.6) is 0 Å². The summed E-state index contributed by atoms with van der Waals surface area (Å²) in [5, 5.41) is 10.3. The van der Waals surface area contributed by atoms with E-state index in [9.17, 15) is 9.90 Å². The number of likely N-dealkylation sites (N-methyl/N-ethyl adjacent to an activating group) is 1. The predicted octanol–water partition coefficient (Wildman–Crippen LogP) is 3.13. The number of carboxylic acids is 1. The smallest absolute Gasteiger partial charge is 0.335 e. The number of benzene rings is 1. The fraction of sp³-hybridized carbons (Fsp3) is 0.375. The fourth-order valence-corrected chi connectivity index (χ4v) is 3.19. The van der Waals surface area contributed by atoms with Crippen LogP contribution in [-0.4, -0.2) is 34.6 Å². The van der Waals surface area contributed by atoms with Crippen LogP contribution >= 0.6 is 11.3 Å². The van der Waals surface area contributed by atoms with Gasteiger partial charge in [0.2, 0.25) is 0 Å². The summed E-state index contributed by atoms with van der Waals surface area (Å²) in [5.74, 6) is -0.862. The Kier molecular flexibility index (Phi) is 5.09. The van der Waals surface area contributed by atoms with Gasteiger partial charge in [-0.25, -0.2) is 9.78 Å². The molecule has 1 aromatic carbocycles. The highest BCUT2D eigenvalue weighted by atomic mass is 32.1. The number of carboxylic acid groups (broad SMARTS) is 1. The molecule has 0 radical (unpaired) electrons. The quantitative estimate of drug-likeness (QED) is 0.891. The molecule has 0 unspecified atom stereocenters. The van der Waals surface area contributed by atoms with E-state index in [-0.39, 0.29) is 0 Å². The molecule has 0 aliphatic carbocycles. The van der Waals surface area contributed by atoms with Crippen molar-refractivity contribution in [2.45, 2.75) is 26.8 Å².